The van der Waals surface area contributed by atoms with Gasteiger partial charge in [0.25, 0.3) is 0 Å². The van der Waals surface area contributed by atoms with Gasteiger partial charge in [-0.2, -0.15) is 5.14 Å². The first-order chi connectivity index (χ1) is 4.21. The topological polar surface area (TPSA) is 49.1 Å². The van der Waals surface area contributed by atoms with Crippen molar-refractivity contribution in [2.75, 3.05) is 0 Å². The van der Waals surface area contributed by atoms with Crippen molar-refractivity contribution in [3.05, 3.63) is 12.7 Å². The van der Waals surface area contributed by atoms with Crippen molar-refractivity contribution in [1.82, 2.24) is 0 Å². The molecule has 52 valence electrons. The molecule has 0 radical (unpaired) electrons. The fourth-order valence-electron chi connectivity index (χ4n) is 0.890. The highest BCUT2D eigenvalue weighted by molar-refractivity contribution is 7.90. The van der Waals surface area contributed by atoms with Crippen LogP contribution in [0.2, 0.25) is 0 Å². The van der Waals surface area contributed by atoms with Crippen molar-refractivity contribution >= 4 is 11.4 Å². The molecule has 2 N–H and O–H groups in total. The number of allylic oxidation sites excluding steroid dienone is 1. The summed E-state index contributed by atoms with van der Waals surface area (Å²) in [5.74, 6) is 0. The molecule has 0 spiro atoms. The monoisotopic (exact) mass is 145 g/mol. The summed E-state index contributed by atoms with van der Waals surface area (Å²) in [7, 11) is 0. The lowest BCUT2D eigenvalue weighted by molar-refractivity contribution is 0.577. The van der Waals surface area contributed by atoms with Crippen molar-refractivity contribution in [2.24, 2.45) is 5.14 Å². The second kappa shape index (κ2) is 2.33. The summed E-state index contributed by atoms with van der Waals surface area (Å²) < 4.78 is 10.7. The Morgan fingerprint density at radius 1 is 1.78 bits per heavy atom. The molecule has 9 heavy (non-hydrogen) atoms. The van der Waals surface area contributed by atoms with Crippen LogP contribution in [0.5, 0.6) is 0 Å². The molecule has 1 unspecified atom stereocenters. The van der Waals surface area contributed by atoms with Crippen LogP contribution in [-0.4, -0.2) is 9.30 Å². The number of hydrogen-bond acceptors (Lipinski definition) is 2. The Hall–Kier alpha value is 0.01000. The molecule has 1 atom stereocenters. The van der Waals surface area contributed by atoms with E-state index in [0.29, 0.717) is 0 Å². The third-order valence-electron chi connectivity index (χ3n) is 1.75. The Labute approximate surface area is 58.4 Å². The molecule has 0 aromatic heterocycles. The molecule has 1 aliphatic rings. The van der Waals surface area contributed by atoms with Gasteiger partial charge in [0.05, 0.1) is 0 Å². The van der Waals surface area contributed by atoms with Crippen molar-refractivity contribution in [3.63, 3.8) is 0 Å². The van der Waals surface area contributed by atoms with Gasteiger partial charge in [-0.25, -0.2) is 0 Å². The molecule has 0 heterocycles. The van der Waals surface area contributed by atoms with Crippen LogP contribution in [0.4, 0.5) is 0 Å². The van der Waals surface area contributed by atoms with E-state index >= 15 is 0 Å². The van der Waals surface area contributed by atoms with E-state index in [9.17, 15) is 4.55 Å². The van der Waals surface area contributed by atoms with Gasteiger partial charge in [0.2, 0.25) is 0 Å². The van der Waals surface area contributed by atoms with Crippen LogP contribution in [0.15, 0.2) is 12.7 Å². The number of nitrogens with two attached hydrogens (primary N) is 1. The summed E-state index contributed by atoms with van der Waals surface area (Å²) in [5.41, 5.74) is 0. The highest BCUT2D eigenvalue weighted by atomic mass is 32.2. The van der Waals surface area contributed by atoms with Gasteiger partial charge in [-0.3, -0.25) is 0 Å². The van der Waals surface area contributed by atoms with E-state index in [-0.39, 0.29) is 4.75 Å². The van der Waals surface area contributed by atoms with E-state index in [4.69, 9.17) is 5.14 Å². The Balaban J connectivity index is 2.42. The van der Waals surface area contributed by atoms with Gasteiger partial charge >= 0.3 is 0 Å². The zero-order valence-corrected chi connectivity index (χ0v) is 6.12. The van der Waals surface area contributed by atoms with Gasteiger partial charge < -0.3 is 4.55 Å². The van der Waals surface area contributed by atoms with Crippen molar-refractivity contribution in [2.45, 2.75) is 24.0 Å². The van der Waals surface area contributed by atoms with Crippen LogP contribution < -0.4 is 5.14 Å². The van der Waals surface area contributed by atoms with Crippen LogP contribution in [0.3, 0.4) is 0 Å². The summed E-state index contributed by atoms with van der Waals surface area (Å²) in [5, 5.41) is 5.24. The van der Waals surface area contributed by atoms with E-state index in [0.717, 1.165) is 19.3 Å². The fraction of sp³-hybridized carbons (Fsp3) is 0.667. The maximum Gasteiger partial charge on any atom is 0.148 e. The zero-order chi connectivity index (χ0) is 6.91. The van der Waals surface area contributed by atoms with E-state index in [1.54, 1.807) is 6.08 Å². The second-order valence-electron chi connectivity index (χ2n) is 2.47. The highest BCUT2D eigenvalue weighted by Crippen LogP contribution is 2.45. The summed E-state index contributed by atoms with van der Waals surface area (Å²) in [6.45, 7) is 3.58. The third kappa shape index (κ3) is 1.28. The van der Waals surface area contributed by atoms with Crippen molar-refractivity contribution in [3.8, 4) is 0 Å². The Morgan fingerprint density at radius 3 is 2.44 bits per heavy atom. The Morgan fingerprint density at radius 2 is 2.33 bits per heavy atom. The molecule has 1 saturated carbocycles. The normalized spacial score (nSPS) is 25.1. The number of hydrogen-bond donors (Lipinski definition) is 1. The zero-order valence-electron chi connectivity index (χ0n) is 5.30. The summed E-state index contributed by atoms with van der Waals surface area (Å²) in [4.78, 5) is 0. The second-order valence-corrected chi connectivity index (χ2v) is 3.93. The maximum atomic E-state index is 10.8. The van der Waals surface area contributed by atoms with Crippen molar-refractivity contribution in [1.29, 1.82) is 0 Å². The summed E-state index contributed by atoms with van der Waals surface area (Å²) in [6, 6.07) is 0. The quantitative estimate of drug-likeness (QED) is 0.470. The fourth-order valence-corrected chi connectivity index (χ4v) is 1.68. The molecular formula is C6H11NOS. The molecule has 0 bridgehead atoms. The lowest BCUT2D eigenvalue weighted by atomic mass is 10.3. The van der Waals surface area contributed by atoms with E-state index in [1.165, 1.54) is 0 Å². The molecular weight excluding hydrogens is 134 g/mol. The van der Waals surface area contributed by atoms with Gasteiger partial charge in [0.1, 0.15) is 4.75 Å². The van der Waals surface area contributed by atoms with Crippen LogP contribution in [0.25, 0.3) is 0 Å². The molecule has 0 aliphatic heterocycles. The van der Waals surface area contributed by atoms with Crippen molar-refractivity contribution < 1.29 is 4.55 Å². The minimum Gasteiger partial charge on any atom is -0.598 e. The van der Waals surface area contributed by atoms with Crippen LogP contribution in [0, 0.1) is 0 Å². The first-order valence-corrected chi connectivity index (χ1v) is 4.20. The minimum absolute atomic E-state index is 0.0677. The molecule has 1 fully saturated rings. The standard InChI is InChI=1S/C6H11NOS/c1-2-3-6(4-5-6)9(7)8/h2H,1,3-5,7H2. The number of rotatable bonds is 3. The molecule has 2 nitrogen and oxygen atoms in total. The predicted molar refractivity (Wildman–Crippen MR) is 39.1 cm³/mol. The van der Waals surface area contributed by atoms with E-state index in [2.05, 4.69) is 6.58 Å². The molecule has 0 aromatic rings. The molecule has 0 saturated heterocycles. The first kappa shape index (κ1) is 7.12. The average Bonchev–Trinajstić information content (AvgIpc) is 2.49. The molecule has 0 amide bonds. The molecule has 1 rings (SSSR count). The maximum absolute atomic E-state index is 10.8. The highest BCUT2D eigenvalue weighted by Gasteiger charge is 2.52. The molecule has 3 heteroatoms. The van der Waals surface area contributed by atoms with Gasteiger partial charge in [-0.15, -0.1) is 6.58 Å². The predicted octanol–water partition coefficient (Wildman–Crippen LogP) is 0.717. The minimum atomic E-state index is -1.14. The van der Waals surface area contributed by atoms with Crippen LogP contribution >= 0.6 is 0 Å². The lowest BCUT2D eigenvalue weighted by Crippen LogP contribution is -2.29. The smallest absolute Gasteiger partial charge is 0.148 e. The van der Waals surface area contributed by atoms with Gasteiger partial charge in [0.15, 0.2) is 0 Å². The molecule has 0 aromatic carbocycles. The van der Waals surface area contributed by atoms with Crippen LogP contribution in [0.1, 0.15) is 19.3 Å². The Bertz CT molecular complexity index is 120. The summed E-state index contributed by atoms with van der Waals surface area (Å²) >= 11 is -1.14. The average molecular weight is 145 g/mol. The SMILES string of the molecule is C=CCC1([S+](N)[O-])CC1. The largest absolute Gasteiger partial charge is 0.598 e. The van der Waals surface area contributed by atoms with Gasteiger partial charge in [-0.05, 0) is 0 Å². The summed E-state index contributed by atoms with van der Waals surface area (Å²) in [6.07, 6.45) is 4.60. The van der Waals surface area contributed by atoms with E-state index < -0.39 is 11.4 Å². The van der Waals surface area contributed by atoms with Crippen LogP contribution in [-0.2, 0) is 11.4 Å². The molecule has 1 aliphatic carbocycles. The van der Waals surface area contributed by atoms with Gasteiger partial charge in [-0.1, -0.05) is 6.08 Å². The lowest BCUT2D eigenvalue weighted by Gasteiger charge is -2.12. The van der Waals surface area contributed by atoms with Gasteiger partial charge in [0, 0.05) is 30.6 Å². The third-order valence-corrected chi connectivity index (χ3v) is 3.18. The van der Waals surface area contributed by atoms with E-state index in [1.807, 2.05) is 0 Å². The Kier molecular flexibility index (Phi) is 1.84. The first-order valence-electron chi connectivity index (χ1n) is 2.98.